The van der Waals surface area contributed by atoms with Gasteiger partial charge in [0.1, 0.15) is 5.78 Å². The van der Waals surface area contributed by atoms with E-state index in [-0.39, 0.29) is 11.8 Å². The summed E-state index contributed by atoms with van der Waals surface area (Å²) in [5, 5.41) is 0. The van der Waals surface area contributed by atoms with Crippen LogP contribution in [0.4, 0.5) is 0 Å². The van der Waals surface area contributed by atoms with Crippen molar-refractivity contribution in [3.63, 3.8) is 0 Å². The summed E-state index contributed by atoms with van der Waals surface area (Å²) < 4.78 is 0. The Bertz CT molecular complexity index is 187. The van der Waals surface area contributed by atoms with Crippen molar-refractivity contribution in [3.05, 3.63) is 0 Å². The minimum absolute atomic E-state index is 0.0828. The SMILES string of the molecule is CC(=O)CN(C)C(N)=NC(C)C. The van der Waals surface area contributed by atoms with E-state index in [1.807, 2.05) is 13.8 Å². The second kappa shape index (κ2) is 4.74. The van der Waals surface area contributed by atoms with Crippen molar-refractivity contribution in [2.24, 2.45) is 10.7 Å². The number of nitrogens with zero attached hydrogens (tertiary/aromatic N) is 2. The largest absolute Gasteiger partial charge is 0.370 e. The van der Waals surface area contributed by atoms with Gasteiger partial charge < -0.3 is 10.6 Å². The number of likely N-dealkylation sites (N-methyl/N-ethyl adjacent to an activating group) is 1. The summed E-state index contributed by atoms with van der Waals surface area (Å²) in [6.07, 6.45) is 0. The van der Waals surface area contributed by atoms with Crippen molar-refractivity contribution < 1.29 is 4.79 Å². The molecule has 0 aromatic carbocycles. The Morgan fingerprint density at radius 1 is 1.58 bits per heavy atom. The molecule has 0 saturated carbocycles. The number of nitrogens with two attached hydrogens (primary N) is 1. The van der Waals surface area contributed by atoms with Gasteiger partial charge in [-0.25, -0.2) is 0 Å². The van der Waals surface area contributed by atoms with Crippen molar-refractivity contribution in [2.75, 3.05) is 13.6 Å². The van der Waals surface area contributed by atoms with E-state index in [4.69, 9.17) is 5.73 Å². The molecule has 0 amide bonds. The zero-order valence-electron chi connectivity index (χ0n) is 8.16. The van der Waals surface area contributed by atoms with E-state index < -0.39 is 0 Å². The van der Waals surface area contributed by atoms with E-state index in [9.17, 15) is 4.79 Å². The predicted molar refractivity (Wildman–Crippen MR) is 50.1 cm³/mol. The van der Waals surface area contributed by atoms with Crippen LogP contribution in [0.3, 0.4) is 0 Å². The number of carbonyl (C=O) groups is 1. The van der Waals surface area contributed by atoms with Crippen molar-refractivity contribution >= 4 is 11.7 Å². The molecule has 0 saturated heterocycles. The van der Waals surface area contributed by atoms with Crippen LogP contribution in [-0.2, 0) is 4.79 Å². The summed E-state index contributed by atoms with van der Waals surface area (Å²) in [5.41, 5.74) is 5.59. The second-order valence-electron chi connectivity index (χ2n) is 3.14. The van der Waals surface area contributed by atoms with E-state index in [0.29, 0.717) is 12.5 Å². The van der Waals surface area contributed by atoms with Gasteiger partial charge in [-0.15, -0.1) is 0 Å². The Morgan fingerprint density at radius 3 is 2.42 bits per heavy atom. The van der Waals surface area contributed by atoms with Crippen LogP contribution in [0.2, 0.25) is 0 Å². The quantitative estimate of drug-likeness (QED) is 0.488. The monoisotopic (exact) mass is 171 g/mol. The molecular formula is C8H17N3O. The molecule has 0 fully saturated rings. The molecule has 0 bridgehead atoms. The Labute approximate surface area is 73.5 Å². The zero-order chi connectivity index (χ0) is 9.72. The molecule has 0 atom stereocenters. The molecule has 2 N–H and O–H groups in total. The molecule has 0 rings (SSSR count). The number of rotatable bonds is 3. The van der Waals surface area contributed by atoms with E-state index in [1.165, 1.54) is 6.92 Å². The maximum Gasteiger partial charge on any atom is 0.191 e. The average molecular weight is 171 g/mol. The van der Waals surface area contributed by atoms with Crippen LogP contribution in [0.15, 0.2) is 4.99 Å². The Hall–Kier alpha value is -1.06. The standard InChI is InChI=1S/C8H17N3O/c1-6(2)10-8(9)11(4)5-7(3)12/h6H,5H2,1-4H3,(H2,9,10). The van der Waals surface area contributed by atoms with Crippen LogP contribution in [0, 0.1) is 0 Å². The first kappa shape index (κ1) is 10.9. The first-order valence-corrected chi connectivity index (χ1v) is 3.97. The molecule has 70 valence electrons. The van der Waals surface area contributed by atoms with Crippen LogP contribution < -0.4 is 5.73 Å². The maximum atomic E-state index is 10.7. The third kappa shape index (κ3) is 4.71. The van der Waals surface area contributed by atoms with E-state index in [2.05, 4.69) is 4.99 Å². The van der Waals surface area contributed by atoms with Gasteiger partial charge in [0.25, 0.3) is 0 Å². The molecule has 0 radical (unpaired) electrons. The number of Topliss-reactive ketones (excluding diaryl/α,β-unsaturated/α-hetero) is 1. The lowest BCUT2D eigenvalue weighted by Gasteiger charge is -2.16. The average Bonchev–Trinajstić information content (AvgIpc) is 1.84. The second-order valence-corrected chi connectivity index (χ2v) is 3.14. The van der Waals surface area contributed by atoms with Gasteiger partial charge >= 0.3 is 0 Å². The first-order chi connectivity index (χ1) is 5.43. The minimum atomic E-state index is 0.0828. The first-order valence-electron chi connectivity index (χ1n) is 3.97. The lowest BCUT2D eigenvalue weighted by Crippen LogP contribution is -2.37. The lowest BCUT2D eigenvalue weighted by molar-refractivity contribution is -0.117. The van der Waals surface area contributed by atoms with Crippen LogP contribution in [-0.4, -0.2) is 36.3 Å². The number of hydrogen-bond acceptors (Lipinski definition) is 2. The van der Waals surface area contributed by atoms with Crippen molar-refractivity contribution in [2.45, 2.75) is 26.8 Å². The number of hydrogen-bond donors (Lipinski definition) is 1. The lowest BCUT2D eigenvalue weighted by atomic mass is 10.4. The van der Waals surface area contributed by atoms with Crippen molar-refractivity contribution in [3.8, 4) is 0 Å². The number of carbonyl (C=O) groups excluding carboxylic acids is 1. The van der Waals surface area contributed by atoms with Gasteiger partial charge in [0, 0.05) is 13.1 Å². The van der Waals surface area contributed by atoms with Gasteiger partial charge in [-0.2, -0.15) is 0 Å². The molecule has 4 nitrogen and oxygen atoms in total. The van der Waals surface area contributed by atoms with Gasteiger partial charge in [0.05, 0.1) is 6.54 Å². The third-order valence-corrected chi connectivity index (χ3v) is 1.24. The fourth-order valence-electron chi connectivity index (χ4n) is 0.778. The number of aliphatic imine (C=N–C) groups is 1. The highest BCUT2D eigenvalue weighted by Gasteiger charge is 2.04. The van der Waals surface area contributed by atoms with Crippen LogP contribution in [0.1, 0.15) is 20.8 Å². The highest BCUT2D eigenvalue weighted by Crippen LogP contribution is 1.89. The Kier molecular flexibility index (Phi) is 4.33. The minimum Gasteiger partial charge on any atom is -0.370 e. The fourth-order valence-corrected chi connectivity index (χ4v) is 0.778. The van der Waals surface area contributed by atoms with Gasteiger partial charge in [-0.3, -0.25) is 9.79 Å². The van der Waals surface area contributed by atoms with Gasteiger partial charge in [0.2, 0.25) is 0 Å². The molecule has 12 heavy (non-hydrogen) atoms. The van der Waals surface area contributed by atoms with E-state index >= 15 is 0 Å². The molecule has 0 aromatic heterocycles. The molecule has 0 heterocycles. The molecule has 0 spiro atoms. The highest BCUT2D eigenvalue weighted by molar-refractivity contribution is 5.85. The number of guanidine groups is 1. The fraction of sp³-hybridized carbons (Fsp3) is 0.750. The molecular weight excluding hydrogens is 154 g/mol. The van der Waals surface area contributed by atoms with Crippen molar-refractivity contribution in [1.29, 1.82) is 0 Å². The normalized spacial score (nSPS) is 11.9. The summed E-state index contributed by atoms with van der Waals surface area (Å²) in [6.45, 7) is 5.73. The summed E-state index contributed by atoms with van der Waals surface area (Å²) in [7, 11) is 1.75. The summed E-state index contributed by atoms with van der Waals surface area (Å²) in [5.74, 6) is 0.500. The molecule has 0 aliphatic carbocycles. The third-order valence-electron chi connectivity index (χ3n) is 1.24. The van der Waals surface area contributed by atoms with E-state index in [1.54, 1.807) is 11.9 Å². The van der Waals surface area contributed by atoms with E-state index in [0.717, 1.165) is 0 Å². The highest BCUT2D eigenvalue weighted by atomic mass is 16.1. The van der Waals surface area contributed by atoms with Gasteiger partial charge in [0.15, 0.2) is 5.96 Å². The number of ketones is 1. The van der Waals surface area contributed by atoms with Crippen LogP contribution in [0.5, 0.6) is 0 Å². The molecule has 0 aromatic rings. The van der Waals surface area contributed by atoms with Crippen molar-refractivity contribution in [1.82, 2.24) is 4.90 Å². The topological polar surface area (TPSA) is 58.7 Å². The summed E-state index contributed by atoms with van der Waals surface area (Å²) in [4.78, 5) is 16.4. The zero-order valence-corrected chi connectivity index (χ0v) is 8.16. The van der Waals surface area contributed by atoms with Crippen LogP contribution >= 0.6 is 0 Å². The van der Waals surface area contributed by atoms with Crippen LogP contribution in [0.25, 0.3) is 0 Å². The molecule has 4 heteroatoms. The Balaban J connectivity index is 4.09. The Morgan fingerprint density at radius 2 is 2.08 bits per heavy atom. The summed E-state index contributed by atoms with van der Waals surface area (Å²) in [6, 6.07) is 0.166. The van der Waals surface area contributed by atoms with Gasteiger partial charge in [-0.1, -0.05) is 0 Å². The van der Waals surface area contributed by atoms with Gasteiger partial charge in [-0.05, 0) is 20.8 Å². The molecule has 0 aliphatic rings. The smallest absolute Gasteiger partial charge is 0.191 e. The molecule has 0 unspecified atom stereocenters. The predicted octanol–water partition coefficient (Wildman–Crippen LogP) is 0.230. The summed E-state index contributed by atoms with van der Waals surface area (Å²) >= 11 is 0. The molecule has 0 aliphatic heterocycles. The maximum absolute atomic E-state index is 10.7.